The SMILES string of the molecule is CCC1=Nc2cc(C(=O)NCc3ccc(OC)cc3)ccc2Sc2ccc(C)cc21. The van der Waals surface area contributed by atoms with E-state index in [2.05, 4.69) is 37.4 Å². The van der Waals surface area contributed by atoms with Gasteiger partial charge in [0.15, 0.2) is 0 Å². The molecule has 1 heterocycles. The Hall–Kier alpha value is -3.05. The Morgan fingerprint density at radius 1 is 1.03 bits per heavy atom. The maximum absolute atomic E-state index is 12.7. The van der Waals surface area contributed by atoms with Crippen LogP contribution >= 0.6 is 11.8 Å². The van der Waals surface area contributed by atoms with Gasteiger partial charge >= 0.3 is 0 Å². The fraction of sp³-hybridized carbons (Fsp3) is 0.200. The van der Waals surface area contributed by atoms with Crippen LogP contribution in [0.25, 0.3) is 0 Å². The van der Waals surface area contributed by atoms with Crippen LogP contribution in [-0.2, 0) is 6.54 Å². The van der Waals surface area contributed by atoms with Crippen LogP contribution in [0.5, 0.6) is 5.75 Å². The van der Waals surface area contributed by atoms with Gasteiger partial charge < -0.3 is 10.1 Å². The molecule has 0 atom stereocenters. The molecule has 4 rings (SSSR count). The predicted octanol–water partition coefficient (Wildman–Crippen LogP) is 5.93. The van der Waals surface area contributed by atoms with E-state index in [1.54, 1.807) is 18.9 Å². The van der Waals surface area contributed by atoms with Crippen molar-refractivity contribution in [2.45, 2.75) is 36.6 Å². The molecule has 5 heteroatoms. The summed E-state index contributed by atoms with van der Waals surface area (Å²) >= 11 is 1.71. The van der Waals surface area contributed by atoms with E-state index in [4.69, 9.17) is 9.73 Å². The van der Waals surface area contributed by atoms with Gasteiger partial charge in [-0.15, -0.1) is 0 Å². The molecule has 30 heavy (non-hydrogen) atoms. The average molecular weight is 417 g/mol. The van der Waals surface area contributed by atoms with Crippen LogP contribution < -0.4 is 10.1 Å². The first-order valence-corrected chi connectivity index (χ1v) is 10.8. The molecule has 0 radical (unpaired) electrons. The standard InChI is InChI=1S/C25H24N2O2S/c1-4-21-20-13-16(2)5-11-23(20)30-24-12-8-18(14-22(24)27-21)25(28)26-15-17-6-9-19(29-3)10-7-17/h5-14H,4,15H2,1-3H3,(H,26,28). The second-order valence-electron chi connectivity index (χ2n) is 7.23. The molecule has 152 valence electrons. The minimum Gasteiger partial charge on any atom is -0.497 e. The number of nitrogens with zero attached hydrogens (tertiary/aromatic N) is 1. The molecular weight excluding hydrogens is 392 g/mol. The third-order valence-corrected chi connectivity index (χ3v) is 6.23. The fourth-order valence-corrected chi connectivity index (χ4v) is 4.42. The first-order chi connectivity index (χ1) is 14.6. The Labute approximate surface area is 181 Å². The zero-order valence-electron chi connectivity index (χ0n) is 17.4. The molecule has 0 unspecified atom stereocenters. The third kappa shape index (κ3) is 4.26. The van der Waals surface area contributed by atoms with Crippen LogP contribution in [0.15, 0.2) is 75.4 Å². The van der Waals surface area contributed by atoms with Crippen LogP contribution in [0.3, 0.4) is 0 Å². The van der Waals surface area contributed by atoms with Crippen molar-refractivity contribution in [3.8, 4) is 5.75 Å². The van der Waals surface area contributed by atoms with E-state index in [0.29, 0.717) is 12.1 Å². The quantitative estimate of drug-likeness (QED) is 0.561. The Bertz CT molecular complexity index is 1120. The van der Waals surface area contributed by atoms with E-state index in [9.17, 15) is 4.79 Å². The van der Waals surface area contributed by atoms with Gasteiger partial charge in [-0.3, -0.25) is 9.79 Å². The number of amides is 1. The normalized spacial score (nSPS) is 12.3. The molecule has 3 aromatic carbocycles. The van der Waals surface area contributed by atoms with Crippen LogP contribution in [0.1, 0.15) is 40.4 Å². The van der Waals surface area contributed by atoms with Crippen molar-refractivity contribution in [2.24, 2.45) is 4.99 Å². The first kappa shape index (κ1) is 20.2. The number of rotatable bonds is 5. The molecule has 0 spiro atoms. The molecule has 1 aliphatic rings. The summed E-state index contributed by atoms with van der Waals surface area (Å²) in [6.45, 7) is 4.68. The summed E-state index contributed by atoms with van der Waals surface area (Å²) in [5.41, 5.74) is 5.94. The van der Waals surface area contributed by atoms with E-state index in [1.807, 2.05) is 42.5 Å². The summed E-state index contributed by atoms with van der Waals surface area (Å²) in [6, 6.07) is 19.9. The molecule has 0 bridgehead atoms. The minimum atomic E-state index is -0.107. The van der Waals surface area contributed by atoms with E-state index in [-0.39, 0.29) is 5.91 Å². The zero-order chi connectivity index (χ0) is 21.1. The summed E-state index contributed by atoms with van der Waals surface area (Å²) < 4.78 is 5.17. The second-order valence-corrected chi connectivity index (χ2v) is 8.31. The number of hydrogen-bond acceptors (Lipinski definition) is 4. The summed E-state index contributed by atoms with van der Waals surface area (Å²) in [6.07, 6.45) is 0.838. The lowest BCUT2D eigenvalue weighted by molar-refractivity contribution is 0.0951. The monoisotopic (exact) mass is 416 g/mol. The highest BCUT2D eigenvalue weighted by molar-refractivity contribution is 7.99. The van der Waals surface area contributed by atoms with Gasteiger partial charge in [0.25, 0.3) is 5.91 Å². The van der Waals surface area contributed by atoms with Crippen molar-refractivity contribution >= 4 is 29.1 Å². The number of aryl methyl sites for hydroxylation is 1. The fourth-order valence-electron chi connectivity index (χ4n) is 3.41. The van der Waals surface area contributed by atoms with Gasteiger partial charge in [-0.1, -0.05) is 42.4 Å². The highest BCUT2D eigenvalue weighted by Crippen LogP contribution is 2.41. The number of carbonyl (C=O) groups excluding carboxylic acids is 1. The lowest BCUT2D eigenvalue weighted by Gasteiger charge is -2.09. The van der Waals surface area contributed by atoms with E-state index >= 15 is 0 Å². The molecule has 0 fully saturated rings. The number of ether oxygens (including phenoxy) is 1. The van der Waals surface area contributed by atoms with E-state index in [0.717, 1.165) is 34.0 Å². The second kappa shape index (κ2) is 8.76. The van der Waals surface area contributed by atoms with Crippen molar-refractivity contribution in [2.75, 3.05) is 7.11 Å². The maximum Gasteiger partial charge on any atom is 0.251 e. The van der Waals surface area contributed by atoms with E-state index < -0.39 is 0 Å². The van der Waals surface area contributed by atoms with Crippen LogP contribution in [0.2, 0.25) is 0 Å². The molecule has 1 N–H and O–H groups in total. The largest absolute Gasteiger partial charge is 0.497 e. The Morgan fingerprint density at radius 3 is 2.53 bits per heavy atom. The number of carbonyl (C=O) groups is 1. The molecule has 1 amide bonds. The average Bonchev–Trinajstić information content (AvgIpc) is 2.93. The van der Waals surface area contributed by atoms with Crippen molar-refractivity contribution in [1.29, 1.82) is 0 Å². The molecule has 3 aromatic rings. The number of fused-ring (bicyclic) bond motifs is 2. The van der Waals surface area contributed by atoms with Gasteiger partial charge in [0.05, 0.1) is 12.8 Å². The summed E-state index contributed by atoms with van der Waals surface area (Å²) in [4.78, 5) is 19.9. The predicted molar refractivity (Wildman–Crippen MR) is 122 cm³/mol. The molecule has 0 saturated carbocycles. The lowest BCUT2D eigenvalue weighted by atomic mass is 10.0. The number of methoxy groups -OCH3 is 1. The summed E-state index contributed by atoms with van der Waals surface area (Å²) in [5.74, 6) is 0.693. The summed E-state index contributed by atoms with van der Waals surface area (Å²) in [5, 5.41) is 2.99. The number of hydrogen-bond donors (Lipinski definition) is 1. The maximum atomic E-state index is 12.7. The van der Waals surface area contributed by atoms with Gasteiger partial charge in [-0.2, -0.15) is 0 Å². The van der Waals surface area contributed by atoms with E-state index in [1.165, 1.54) is 16.0 Å². The number of nitrogens with one attached hydrogen (secondary N) is 1. The van der Waals surface area contributed by atoms with Crippen LogP contribution in [0.4, 0.5) is 5.69 Å². The van der Waals surface area contributed by atoms with Gasteiger partial charge in [-0.25, -0.2) is 0 Å². The van der Waals surface area contributed by atoms with Crippen LogP contribution in [-0.4, -0.2) is 18.7 Å². The Morgan fingerprint density at radius 2 is 1.80 bits per heavy atom. The highest BCUT2D eigenvalue weighted by atomic mass is 32.2. The van der Waals surface area contributed by atoms with Gasteiger partial charge in [0, 0.05) is 33.2 Å². The van der Waals surface area contributed by atoms with Crippen LogP contribution in [0, 0.1) is 6.92 Å². The zero-order valence-corrected chi connectivity index (χ0v) is 18.2. The molecular formula is C25H24N2O2S. The smallest absolute Gasteiger partial charge is 0.251 e. The van der Waals surface area contributed by atoms with Crippen molar-refractivity contribution in [3.63, 3.8) is 0 Å². The molecule has 0 saturated heterocycles. The number of benzene rings is 3. The molecule has 4 nitrogen and oxygen atoms in total. The summed E-state index contributed by atoms with van der Waals surface area (Å²) in [7, 11) is 1.64. The van der Waals surface area contributed by atoms with Crippen molar-refractivity contribution < 1.29 is 9.53 Å². The Balaban J connectivity index is 1.56. The Kier molecular flexibility index (Phi) is 5.91. The molecule has 0 aromatic heterocycles. The third-order valence-electron chi connectivity index (χ3n) is 5.09. The van der Waals surface area contributed by atoms with Crippen molar-refractivity contribution in [3.05, 3.63) is 82.9 Å². The first-order valence-electron chi connectivity index (χ1n) is 9.99. The van der Waals surface area contributed by atoms with Gasteiger partial charge in [0.1, 0.15) is 5.75 Å². The van der Waals surface area contributed by atoms with Crippen molar-refractivity contribution in [1.82, 2.24) is 5.32 Å². The van der Waals surface area contributed by atoms with Gasteiger partial charge in [-0.05, 0) is 61.4 Å². The molecule has 0 aliphatic carbocycles. The lowest BCUT2D eigenvalue weighted by Crippen LogP contribution is -2.22. The topological polar surface area (TPSA) is 50.7 Å². The highest BCUT2D eigenvalue weighted by Gasteiger charge is 2.18. The number of aliphatic imine (C=N–C) groups is 1. The van der Waals surface area contributed by atoms with Gasteiger partial charge in [0.2, 0.25) is 0 Å². The molecule has 1 aliphatic heterocycles. The minimum absolute atomic E-state index is 0.107.